The van der Waals surface area contributed by atoms with E-state index < -0.39 is 10.0 Å². The molecule has 0 aliphatic heterocycles. The third-order valence-electron chi connectivity index (χ3n) is 2.45. The molecule has 3 rings (SSSR count). The second kappa shape index (κ2) is 4.32. The number of nitrogens with one attached hydrogen (secondary N) is 2. The molecule has 0 spiro atoms. The summed E-state index contributed by atoms with van der Waals surface area (Å²) >= 11 is 0. The summed E-state index contributed by atoms with van der Waals surface area (Å²) < 4.78 is 26.4. The Hall–Kier alpha value is -2.48. The summed E-state index contributed by atoms with van der Waals surface area (Å²) in [6.07, 6.45) is 2.94. The van der Waals surface area contributed by atoms with Gasteiger partial charge in [0.05, 0.1) is 17.4 Å². The minimum atomic E-state index is -3.68. The van der Waals surface area contributed by atoms with Gasteiger partial charge < -0.3 is 4.98 Å². The quantitative estimate of drug-likeness (QED) is 0.746. The predicted octanol–water partition coefficient (Wildman–Crippen LogP) is 1.15. The normalized spacial score (nSPS) is 11.6. The van der Waals surface area contributed by atoms with Crippen molar-refractivity contribution in [3.05, 3.63) is 42.9 Å². The second-order valence-corrected chi connectivity index (χ2v) is 5.43. The Morgan fingerprint density at radius 3 is 2.68 bits per heavy atom. The number of anilines is 1. The molecule has 0 aliphatic rings. The standard InChI is InChI=1S/C11H9N5O2S/c17-19(18,8-4-2-1-3-5-8)16-11-12-6-9-10(15-11)14-7-13-9/h1-7H,(H2,12,13,14,15,16). The maximum Gasteiger partial charge on any atom is 0.264 e. The molecule has 0 atom stereocenters. The first-order chi connectivity index (χ1) is 9.15. The van der Waals surface area contributed by atoms with Crippen molar-refractivity contribution < 1.29 is 8.42 Å². The van der Waals surface area contributed by atoms with E-state index in [2.05, 4.69) is 24.7 Å². The van der Waals surface area contributed by atoms with Crippen LogP contribution in [0, 0.1) is 0 Å². The maximum absolute atomic E-state index is 12.1. The molecule has 0 fully saturated rings. The van der Waals surface area contributed by atoms with Crippen molar-refractivity contribution in [2.24, 2.45) is 0 Å². The Bertz CT molecular complexity index is 813. The molecule has 2 N–H and O–H groups in total. The highest BCUT2D eigenvalue weighted by molar-refractivity contribution is 7.92. The van der Waals surface area contributed by atoms with Crippen LogP contribution in [0.4, 0.5) is 5.95 Å². The fourth-order valence-electron chi connectivity index (χ4n) is 1.56. The number of benzene rings is 1. The molecule has 0 saturated carbocycles. The van der Waals surface area contributed by atoms with Gasteiger partial charge in [-0.1, -0.05) is 18.2 Å². The van der Waals surface area contributed by atoms with E-state index in [4.69, 9.17) is 0 Å². The van der Waals surface area contributed by atoms with Crippen molar-refractivity contribution in [1.82, 2.24) is 19.9 Å². The molecule has 0 saturated heterocycles. The first-order valence-electron chi connectivity index (χ1n) is 5.39. The summed E-state index contributed by atoms with van der Waals surface area (Å²) in [4.78, 5) is 14.8. The molecule has 2 aromatic heterocycles. The minimum absolute atomic E-state index is 0.0107. The number of H-pyrrole nitrogens is 1. The van der Waals surface area contributed by atoms with Crippen LogP contribution in [0.25, 0.3) is 11.2 Å². The van der Waals surface area contributed by atoms with E-state index in [0.29, 0.717) is 11.2 Å². The van der Waals surface area contributed by atoms with E-state index in [9.17, 15) is 8.42 Å². The topological polar surface area (TPSA) is 101 Å². The van der Waals surface area contributed by atoms with Gasteiger partial charge in [0.25, 0.3) is 10.0 Å². The summed E-state index contributed by atoms with van der Waals surface area (Å²) in [6.45, 7) is 0. The number of sulfonamides is 1. The van der Waals surface area contributed by atoms with Crippen LogP contribution in [-0.4, -0.2) is 28.4 Å². The SMILES string of the molecule is O=S(=O)(Nc1ncc2[nH]cnc2n1)c1ccccc1. The van der Waals surface area contributed by atoms with E-state index in [1.165, 1.54) is 24.7 Å². The molecular formula is C11H9N5O2S. The van der Waals surface area contributed by atoms with Crippen LogP contribution in [-0.2, 0) is 10.0 Å². The van der Waals surface area contributed by atoms with Crippen molar-refractivity contribution in [3.8, 4) is 0 Å². The molecule has 0 unspecified atom stereocenters. The number of fused-ring (bicyclic) bond motifs is 1. The number of hydrogen-bond acceptors (Lipinski definition) is 5. The number of nitrogens with zero attached hydrogens (tertiary/aromatic N) is 3. The van der Waals surface area contributed by atoms with E-state index in [1.807, 2.05) is 0 Å². The molecule has 8 heteroatoms. The van der Waals surface area contributed by atoms with Gasteiger partial charge in [-0.2, -0.15) is 4.98 Å². The Labute approximate surface area is 108 Å². The van der Waals surface area contributed by atoms with Gasteiger partial charge in [0.1, 0.15) is 5.52 Å². The van der Waals surface area contributed by atoms with Crippen LogP contribution < -0.4 is 4.72 Å². The van der Waals surface area contributed by atoms with Gasteiger partial charge in [0.15, 0.2) is 5.65 Å². The average molecular weight is 275 g/mol. The van der Waals surface area contributed by atoms with Crippen LogP contribution in [0.5, 0.6) is 0 Å². The van der Waals surface area contributed by atoms with Crippen LogP contribution >= 0.6 is 0 Å². The van der Waals surface area contributed by atoms with Gasteiger partial charge in [-0.15, -0.1) is 0 Å². The number of aromatic amines is 1. The molecular weight excluding hydrogens is 266 g/mol. The number of aromatic nitrogens is 4. The number of imidazole rings is 1. The molecule has 0 amide bonds. The highest BCUT2D eigenvalue weighted by Crippen LogP contribution is 2.13. The zero-order valence-corrected chi connectivity index (χ0v) is 10.4. The minimum Gasteiger partial charge on any atom is -0.342 e. The van der Waals surface area contributed by atoms with Gasteiger partial charge in [0, 0.05) is 0 Å². The van der Waals surface area contributed by atoms with E-state index in [1.54, 1.807) is 18.2 Å². The third-order valence-corrected chi connectivity index (χ3v) is 3.80. The molecule has 3 aromatic rings. The summed E-state index contributed by atoms with van der Waals surface area (Å²) in [5.74, 6) is -0.0107. The number of hydrogen-bond donors (Lipinski definition) is 2. The summed E-state index contributed by atoms with van der Waals surface area (Å²) in [5, 5.41) is 0. The molecule has 2 heterocycles. The molecule has 1 aromatic carbocycles. The highest BCUT2D eigenvalue weighted by atomic mass is 32.2. The second-order valence-electron chi connectivity index (χ2n) is 3.75. The first kappa shape index (κ1) is 11.6. The Kier molecular flexibility index (Phi) is 2.64. The monoisotopic (exact) mass is 275 g/mol. The maximum atomic E-state index is 12.1. The van der Waals surface area contributed by atoms with Crippen molar-refractivity contribution >= 4 is 27.1 Å². The highest BCUT2D eigenvalue weighted by Gasteiger charge is 2.15. The van der Waals surface area contributed by atoms with Crippen molar-refractivity contribution in [3.63, 3.8) is 0 Å². The third kappa shape index (κ3) is 2.25. The zero-order chi connectivity index (χ0) is 13.3. The van der Waals surface area contributed by atoms with Gasteiger partial charge in [-0.05, 0) is 12.1 Å². The Morgan fingerprint density at radius 1 is 1.11 bits per heavy atom. The lowest BCUT2D eigenvalue weighted by Crippen LogP contribution is -2.14. The lowest BCUT2D eigenvalue weighted by Gasteiger charge is -2.05. The van der Waals surface area contributed by atoms with Crippen LogP contribution in [0.2, 0.25) is 0 Å². The predicted molar refractivity (Wildman–Crippen MR) is 68.9 cm³/mol. The Balaban J connectivity index is 1.96. The average Bonchev–Trinajstić information content (AvgIpc) is 2.87. The smallest absolute Gasteiger partial charge is 0.264 e. The van der Waals surface area contributed by atoms with E-state index in [0.717, 1.165) is 0 Å². The lowest BCUT2D eigenvalue weighted by molar-refractivity contribution is 0.601. The van der Waals surface area contributed by atoms with E-state index >= 15 is 0 Å². The molecule has 0 radical (unpaired) electrons. The molecule has 19 heavy (non-hydrogen) atoms. The molecule has 96 valence electrons. The summed E-state index contributed by atoms with van der Waals surface area (Å²) in [5.41, 5.74) is 1.04. The molecule has 0 bridgehead atoms. The van der Waals surface area contributed by atoms with Crippen molar-refractivity contribution in [2.45, 2.75) is 4.90 Å². The summed E-state index contributed by atoms with van der Waals surface area (Å²) in [7, 11) is -3.68. The van der Waals surface area contributed by atoms with Crippen LogP contribution in [0.15, 0.2) is 47.8 Å². The molecule has 7 nitrogen and oxygen atoms in total. The molecule has 0 aliphatic carbocycles. The van der Waals surface area contributed by atoms with Gasteiger partial charge >= 0.3 is 0 Å². The zero-order valence-electron chi connectivity index (χ0n) is 9.61. The van der Waals surface area contributed by atoms with Crippen LogP contribution in [0.3, 0.4) is 0 Å². The Morgan fingerprint density at radius 2 is 1.89 bits per heavy atom. The largest absolute Gasteiger partial charge is 0.342 e. The first-order valence-corrected chi connectivity index (χ1v) is 6.87. The van der Waals surface area contributed by atoms with E-state index in [-0.39, 0.29) is 10.8 Å². The summed E-state index contributed by atoms with van der Waals surface area (Å²) in [6, 6.07) is 8.02. The fourth-order valence-corrected chi connectivity index (χ4v) is 2.54. The van der Waals surface area contributed by atoms with Crippen molar-refractivity contribution in [1.29, 1.82) is 0 Å². The van der Waals surface area contributed by atoms with Gasteiger partial charge in [0.2, 0.25) is 5.95 Å². The van der Waals surface area contributed by atoms with Crippen molar-refractivity contribution in [2.75, 3.05) is 4.72 Å². The van der Waals surface area contributed by atoms with Gasteiger partial charge in [-0.3, -0.25) is 0 Å². The van der Waals surface area contributed by atoms with Gasteiger partial charge in [-0.25, -0.2) is 23.1 Å². The fraction of sp³-hybridized carbons (Fsp3) is 0. The van der Waals surface area contributed by atoms with Crippen LogP contribution in [0.1, 0.15) is 0 Å². The lowest BCUT2D eigenvalue weighted by atomic mass is 10.4. The number of rotatable bonds is 3.